The largest absolute Gasteiger partial charge is 0.350 e. The molecule has 3 nitrogen and oxygen atoms in total. The Morgan fingerprint density at radius 3 is 2.53 bits per heavy atom. The summed E-state index contributed by atoms with van der Waals surface area (Å²) in [6, 6.07) is 7.85. The molecular weight excluding hydrogens is 260 g/mol. The second kappa shape index (κ2) is 6.92. The summed E-state index contributed by atoms with van der Waals surface area (Å²) in [6.45, 7) is 5.18. The Morgan fingerprint density at radius 1 is 1.32 bits per heavy atom. The van der Waals surface area contributed by atoms with E-state index in [1.165, 1.54) is 12.8 Å². The molecule has 1 N–H and O–H groups in total. The summed E-state index contributed by atoms with van der Waals surface area (Å²) in [5, 5.41) is 3.00. The molecule has 0 aliphatic carbocycles. The van der Waals surface area contributed by atoms with Gasteiger partial charge in [-0.1, -0.05) is 12.1 Å². The topological polar surface area (TPSA) is 32.3 Å². The van der Waals surface area contributed by atoms with Crippen LogP contribution in [-0.2, 0) is 5.88 Å². The van der Waals surface area contributed by atoms with Gasteiger partial charge in [0.05, 0.1) is 0 Å². The number of hydrogen-bond donors (Lipinski definition) is 1. The van der Waals surface area contributed by atoms with Gasteiger partial charge in [-0.2, -0.15) is 0 Å². The van der Waals surface area contributed by atoms with Crippen molar-refractivity contribution in [3.05, 3.63) is 35.4 Å². The first-order chi connectivity index (χ1) is 9.20. The van der Waals surface area contributed by atoms with E-state index in [-0.39, 0.29) is 5.91 Å². The van der Waals surface area contributed by atoms with E-state index in [2.05, 4.69) is 17.1 Å². The maximum absolute atomic E-state index is 12.0. The molecule has 0 aromatic heterocycles. The minimum Gasteiger partial charge on any atom is -0.350 e. The normalized spacial score (nSPS) is 17.4. The Kier molecular flexibility index (Phi) is 5.23. The number of alkyl halides is 1. The van der Waals surface area contributed by atoms with Crippen molar-refractivity contribution in [3.63, 3.8) is 0 Å². The standard InChI is InChI=1S/C15H21ClN2O/c1-12(18-8-2-3-9-18)11-17-15(19)14-6-4-13(10-16)5-7-14/h4-7,12H,2-3,8-11H2,1H3,(H,17,19). The van der Waals surface area contributed by atoms with Crippen LogP contribution >= 0.6 is 11.6 Å². The van der Waals surface area contributed by atoms with E-state index in [0.717, 1.165) is 18.7 Å². The van der Waals surface area contributed by atoms with Crippen molar-refractivity contribution in [1.82, 2.24) is 10.2 Å². The lowest BCUT2D eigenvalue weighted by atomic mass is 10.1. The molecule has 19 heavy (non-hydrogen) atoms. The van der Waals surface area contributed by atoms with E-state index in [0.29, 0.717) is 24.0 Å². The molecule has 0 radical (unpaired) electrons. The van der Waals surface area contributed by atoms with Crippen molar-refractivity contribution >= 4 is 17.5 Å². The molecule has 1 heterocycles. The summed E-state index contributed by atoms with van der Waals surface area (Å²) in [4.78, 5) is 14.4. The quantitative estimate of drug-likeness (QED) is 0.841. The van der Waals surface area contributed by atoms with Gasteiger partial charge in [-0.05, 0) is 50.6 Å². The van der Waals surface area contributed by atoms with E-state index in [1.54, 1.807) is 0 Å². The van der Waals surface area contributed by atoms with Crippen LogP contribution in [0.15, 0.2) is 24.3 Å². The third-order valence-electron chi connectivity index (χ3n) is 3.69. The molecule has 1 aliphatic heterocycles. The molecular formula is C15H21ClN2O. The summed E-state index contributed by atoms with van der Waals surface area (Å²) >= 11 is 5.73. The van der Waals surface area contributed by atoms with Gasteiger partial charge in [0.15, 0.2) is 0 Å². The van der Waals surface area contributed by atoms with Crippen LogP contribution in [0.4, 0.5) is 0 Å². The minimum absolute atomic E-state index is 0.00725. The summed E-state index contributed by atoms with van der Waals surface area (Å²) in [6.07, 6.45) is 2.55. The lowest BCUT2D eigenvalue weighted by molar-refractivity contribution is 0.0940. The second-order valence-electron chi connectivity index (χ2n) is 5.13. The van der Waals surface area contributed by atoms with Crippen molar-refractivity contribution < 1.29 is 4.79 Å². The summed E-state index contributed by atoms with van der Waals surface area (Å²) in [5.41, 5.74) is 1.73. The predicted molar refractivity (Wildman–Crippen MR) is 78.6 cm³/mol. The van der Waals surface area contributed by atoms with Crippen LogP contribution in [-0.4, -0.2) is 36.5 Å². The third-order valence-corrected chi connectivity index (χ3v) is 4.00. The van der Waals surface area contributed by atoms with E-state index < -0.39 is 0 Å². The van der Waals surface area contributed by atoms with Crippen LogP contribution in [0, 0.1) is 0 Å². The van der Waals surface area contributed by atoms with E-state index in [1.807, 2.05) is 24.3 Å². The highest BCUT2D eigenvalue weighted by Gasteiger charge is 2.18. The Labute approximate surface area is 119 Å². The first kappa shape index (κ1) is 14.4. The van der Waals surface area contributed by atoms with Gasteiger partial charge in [0, 0.05) is 24.0 Å². The molecule has 1 fully saturated rings. The Balaban J connectivity index is 1.82. The molecule has 1 amide bonds. The number of hydrogen-bond acceptors (Lipinski definition) is 2. The SMILES string of the molecule is CC(CNC(=O)c1ccc(CCl)cc1)N1CCCC1. The number of nitrogens with zero attached hydrogens (tertiary/aromatic N) is 1. The van der Waals surface area contributed by atoms with Gasteiger partial charge in [0.1, 0.15) is 0 Å². The minimum atomic E-state index is -0.00725. The molecule has 1 unspecified atom stereocenters. The van der Waals surface area contributed by atoms with Gasteiger partial charge in [0.25, 0.3) is 5.91 Å². The van der Waals surface area contributed by atoms with Crippen LogP contribution in [0.2, 0.25) is 0 Å². The summed E-state index contributed by atoms with van der Waals surface area (Å²) < 4.78 is 0. The number of likely N-dealkylation sites (tertiary alicyclic amines) is 1. The number of benzene rings is 1. The van der Waals surface area contributed by atoms with Crippen LogP contribution in [0.5, 0.6) is 0 Å². The first-order valence-electron chi connectivity index (χ1n) is 6.88. The first-order valence-corrected chi connectivity index (χ1v) is 7.41. The third kappa shape index (κ3) is 3.95. The predicted octanol–water partition coefficient (Wildman–Crippen LogP) is 2.64. The van der Waals surface area contributed by atoms with Crippen LogP contribution in [0.3, 0.4) is 0 Å². The molecule has 4 heteroatoms. The Hall–Kier alpha value is -1.06. The maximum Gasteiger partial charge on any atom is 0.251 e. The number of amides is 1. The molecule has 0 spiro atoms. The number of carbonyl (C=O) groups excluding carboxylic acids is 1. The molecule has 0 saturated carbocycles. The number of rotatable bonds is 5. The van der Waals surface area contributed by atoms with E-state index >= 15 is 0 Å². The van der Waals surface area contributed by atoms with Crippen molar-refractivity contribution in [2.24, 2.45) is 0 Å². The molecule has 1 aromatic rings. The Bertz CT molecular complexity index is 413. The van der Waals surface area contributed by atoms with Gasteiger partial charge in [-0.15, -0.1) is 11.6 Å². The molecule has 1 saturated heterocycles. The van der Waals surface area contributed by atoms with Crippen molar-refractivity contribution in [2.45, 2.75) is 31.7 Å². The highest BCUT2D eigenvalue weighted by Crippen LogP contribution is 2.11. The van der Waals surface area contributed by atoms with Crippen LogP contribution in [0.25, 0.3) is 0 Å². The molecule has 1 aromatic carbocycles. The fourth-order valence-corrected chi connectivity index (χ4v) is 2.58. The summed E-state index contributed by atoms with van der Waals surface area (Å²) in [7, 11) is 0. The number of halogens is 1. The smallest absolute Gasteiger partial charge is 0.251 e. The van der Waals surface area contributed by atoms with Gasteiger partial charge in [0.2, 0.25) is 0 Å². The van der Waals surface area contributed by atoms with E-state index in [9.17, 15) is 4.79 Å². The van der Waals surface area contributed by atoms with Crippen molar-refractivity contribution in [2.75, 3.05) is 19.6 Å². The fraction of sp³-hybridized carbons (Fsp3) is 0.533. The van der Waals surface area contributed by atoms with Crippen LogP contribution < -0.4 is 5.32 Å². The fourth-order valence-electron chi connectivity index (χ4n) is 2.40. The average molecular weight is 281 g/mol. The zero-order valence-electron chi connectivity index (χ0n) is 11.4. The lowest BCUT2D eigenvalue weighted by Gasteiger charge is -2.23. The number of carbonyl (C=O) groups is 1. The van der Waals surface area contributed by atoms with Crippen molar-refractivity contribution in [1.29, 1.82) is 0 Å². The monoisotopic (exact) mass is 280 g/mol. The maximum atomic E-state index is 12.0. The molecule has 2 rings (SSSR count). The Morgan fingerprint density at radius 2 is 1.95 bits per heavy atom. The van der Waals surface area contributed by atoms with Gasteiger partial charge in [-0.3, -0.25) is 9.69 Å². The highest BCUT2D eigenvalue weighted by atomic mass is 35.5. The number of nitrogens with one attached hydrogen (secondary N) is 1. The molecule has 1 atom stereocenters. The lowest BCUT2D eigenvalue weighted by Crippen LogP contribution is -2.40. The highest BCUT2D eigenvalue weighted by molar-refractivity contribution is 6.17. The van der Waals surface area contributed by atoms with E-state index in [4.69, 9.17) is 11.6 Å². The van der Waals surface area contributed by atoms with Gasteiger partial charge >= 0.3 is 0 Å². The average Bonchev–Trinajstić information content (AvgIpc) is 2.98. The molecule has 0 bridgehead atoms. The summed E-state index contributed by atoms with van der Waals surface area (Å²) in [5.74, 6) is 0.473. The zero-order valence-corrected chi connectivity index (χ0v) is 12.1. The van der Waals surface area contributed by atoms with Gasteiger partial charge in [-0.25, -0.2) is 0 Å². The second-order valence-corrected chi connectivity index (χ2v) is 5.40. The van der Waals surface area contributed by atoms with Crippen molar-refractivity contribution in [3.8, 4) is 0 Å². The van der Waals surface area contributed by atoms with Gasteiger partial charge < -0.3 is 5.32 Å². The molecule has 1 aliphatic rings. The zero-order chi connectivity index (χ0) is 13.7. The van der Waals surface area contributed by atoms with Crippen LogP contribution in [0.1, 0.15) is 35.7 Å². The molecule has 104 valence electrons.